The Kier molecular flexibility index (Phi) is 8.57. The van der Waals surface area contributed by atoms with Gasteiger partial charge < -0.3 is 15.4 Å². The molecule has 0 amide bonds. The van der Waals surface area contributed by atoms with E-state index in [9.17, 15) is 8.42 Å². The summed E-state index contributed by atoms with van der Waals surface area (Å²) >= 11 is 0. The average molecular weight is 411 g/mol. The van der Waals surface area contributed by atoms with Crippen molar-refractivity contribution in [2.24, 2.45) is 10.9 Å². The van der Waals surface area contributed by atoms with Crippen molar-refractivity contribution in [3.8, 4) is 5.75 Å². The number of aliphatic imine (C=N–C) groups is 1. The number of hydrogen-bond donors (Lipinski definition) is 2. The highest BCUT2D eigenvalue weighted by Crippen LogP contribution is 2.18. The zero-order chi connectivity index (χ0) is 20.6. The lowest BCUT2D eigenvalue weighted by molar-refractivity contribution is 0.271. The molecule has 1 heterocycles. The summed E-state index contributed by atoms with van der Waals surface area (Å²) in [6.45, 7) is 9.80. The first-order valence-corrected chi connectivity index (χ1v) is 11.7. The van der Waals surface area contributed by atoms with Crippen LogP contribution in [0.2, 0.25) is 0 Å². The van der Waals surface area contributed by atoms with Gasteiger partial charge in [0.25, 0.3) is 0 Å². The Balaban J connectivity index is 1.75. The van der Waals surface area contributed by atoms with E-state index in [4.69, 9.17) is 4.74 Å². The molecule has 1 fully saturated rings. The minimum Gasteiger partial charge on any atom is -0.493 e. The highest BCUT2D eigenvalue weighted by Gasteiger charge is 2.21. The fourth-order valence-corrected chi connectivity index (χ4v) is 4.18. The second-order valence-corrected chi connectivity index (χ2v) is 9.94. The molecule has 7 nitrogen and oxygen atoms in total. The number of sulfone groups is 1. The van der Waals surface area contributed by atoms with Crippen LogP contribution in [0.15, 0.2) is 29.3 Å². The second-order valence-electron chi connectivity index (χ2n) is 7.63. The molecule has 1 aliphatic heterocycles. The van der Waals surface area contributed by atoms with E-state index in [0.717, 1.165) is 23.8 Å². The van der Waals surface area contributed by atoms with Gasteiger partial charge in [0.1, 0.15) is 5.75 Å². The van der Waals surface area contributed by atoms with Crippen LogP contribution in [-0.2, 0) is 9.84 Å². The van der Waals surface area contributed by atoms with Gasteiger partial charge in [0.15, 0.2) is 15.8 Å². The molecule has 1 aliphatic rings. The molecular weight excluding hydrogens is 376 g/mol. The zero-order valence-corrected chi connectivity index (χ0v) is 18.3. The first-order valence-electron chi connectivity index (χ1n) is 9.92. The minimum absolute atomic E-state index is 0.102. The Bertz CT molecular complexity index is 718. The van der Waals surface area contributed by atoms with Crippen molar-refractivity contribution in [2.45, 2.75) is 26.8 Å². The van der Waals surface area contributed by atoms with Crippen LogP contribution in [0.4, 0.5) is 0 Å². The molecule has 0 aliphatic carbocycles. The highest BCUT2D eigenvalue weighted by molar-refractivity contribution is 7.91. The Morgan fingerprint density at radius 1 is 1.18 bits per heavy atom. The van der Waals surface area contributed by atoms with Gasteiger partial charge in [0, 0.05) is 33.2 Å². The molecule has 2 N–H and O–H groups in total. The average Bonchev–Trinajstić information content (AvgIpc) is 2.67. The van der Waals surface area contributed by atoms with Gasteiger partial charge >= 0.3 is 0 Å². The molecule has 0 saturated carbocycles. The van der Waals surface area contributed by atoms with Crippen LogP contribution in [0.25, 0.3) is 0 Å². The van der Waals surface area contributed by atoms with Gasteiger partial charge in [-0.2, -0.15) is 0 Å². The van der Waals surface area contributed by atoms with Crippen LogP contribution < -0.4 is 15.4 Å². The van der Waals surface area contributed by atoms with E-state index < -0.39 is 9.84 Å². The van der Waals surface area contributed by atoms with Crippen LogP contribution in [-0.4, -0.2) is 70.6 Å². The molecule has 0 aromatic heterocycles. The lowest BCUT2D eigenvalue weighted by atomic mass is 10.1. The first-order chi connectivity index (χ1) is 13.3. The molecule has 1 aromatic rings. The molecule has 0 bridgehead atoms. The minimum atomic E-state index is -2.83. The Hall–Kier alpha value is -1.80. The van der Waals surface area contributed by atoms with Crippen LogP contribution in [0.1, 0.15) is 32.4 Å². The lowest BCUT2D eigenvalue weighted by Gasteiger charge is -2.27. The number of hydrogen-bond acceptors (Lipinski definition) is 5. The molecule has 0 radical (unpaired) electrons. The van der Waals surface area contributed by atoms with Crippen LogP contribution in [0, 0.1) is 5.92 Å². The van der Waals surface area contributed by atoms with E-state index >= 15 is 0 Å². The summed E-state index contributed by atoms with van der Waals surface area (Å²) in [7, 11) is -1.08. The quantitative estimate of drug-likeness (QED) is 0.501. The SMILES string of the molecule is CN=C(NCCN1CCS(=O)(=O)CC1)NC(C)c1ccc(OCC(C)C)cc1. The summed E-state index contributed by atoms with van der Waals surface area (Å²) in [5, 5.41) is 6.69. The van der Waals surface area contributed by atoms with Crippen molar-refractivity contribution in [2.75, 3.05) is 51.3 Å². The molecule has 1 aromatic carbocycles. The molecule has 1 saturated heterocycles. The number of benzene rings is 1. The standard InChI is InChI=1S/C20H34N4O3S/c1-16(2)15-27-19-7-5-18(6-8-19)17(3)23-20(21-4)22-9-10-24-11-13-28(25,26)14-12-24/h5-8,16-17H,9-15H2,1-4H3,(H2,21,22,23). The van der Waals surface area contributed by atoms with Gasteiger partial charge in [-0.3, -0.25) is 9.89 Å². The van der Waals surface area contributed by atoms with Crippen LogP contribution in [0.3, 0.4) is 0 Å². The summed E-state index contributed by atoms with van der Waals surface area (Å²) in [5.41, 5.74) is 1.15. The van der Waals surface area contributed by atoms with Gasteiger partial charge in [-0.1, -0.05) is 26.0 Å². The van der Waals surface area contributed by atoms with Gasteiger partial charge in [-0.05, 0) is 30.5 Å². The fourth-order valence-electron chi connectivity index (χ4n) is 2.90. The highest BCUT2D eigenvalue weighted by atomic mass is 32.2. The van der Waals surface area contributed by atoms with E-state index in [1.165, 1.54) is 0 Å². The van der Waals surface area contributed by atoms with Gasteiger partial charge in [-0.15, -0.1) is 0 Å². The lowest BCUT2D eigenvalue weighted by Crippen LogP contribution is -2.46. The normalized spacial score (nSPS) is 18.7. The van der Waals surface area contributed by atoms with E-state index in [1.807, 2.05) is 12.1 Å². The third-order valence-electron chi connectivity index (χ3n) is 4.70. The zero-order valence-electron chi connectivity index (χ0n) is 17.4. The largest absolute Gasteiger partial charge is 0.493 e. The summed E-state index contributed by atoms with van der Waals surface area (Å²) in [4.78, 5) is 6.45. The molecular formula is C20H34N4O3S. The molecule has 1 atom stereocenters. The number of nitrogens with one attached hydrogen (secondary N) is 2. The van der Waals surface area contributed by atoms with E-state index in [1.54, 1.807) is 7.05 Å². The number of guanidine groups is 1. The van der Waals surface area contributed by atoms with Gasteiger partial charge in [0.05, 0.1) is 24.2 Å². The summed E-state index contributed by atoms with van der Waals surface area (Å²) in [5.74, 6) is 2.64. The Morgan fingerprint density at radius 3 is 2.39 bits per heavy atom. The van der Waals surface area contributed by atoms with Gasteiger partial charge in [-0.25, -0.2) is 8.42 Å². The molecule has 0 spiro atoms. The molecule has 158 valence electrons. The predicted molar refractivity (Wildman–Crippen MR) is 115 cm³/mol. The van der Waals surface area contributed by atoms with E-state index in [-0.39, 0.29) is 17.5 Å². The monoisotopic (exact) mass is 410 g/mol. The third kappa shape index (κ3) is 7.67. The third-order valence-corrected chi connectivity index (χ3v) is 6.31. The van der Waals surface area contributed by atoms with Crippen molar-refractivity contribution in [3.63, 3.8) is 0 Å². The molecule has 1 unspecified atom stereocenters. The maximum atomic E-state index is 11.5. The summed E-state index contributed by atoms with van der Waals surface area (Å²) in [6, 6.07) is 8.22. The van der Waals surface area contributed by atoms with E-state index in [0.29, 0.717) is 32.2 Å². The molecule has 2 rings (SSSR count). The number of rotatable bonds is 8. The summed E-state index contributed by atoms with van der Waals surface area (Å²) < 4.78 is 28.7. The molecule has 8 heteroatoms. The van der Waals surface area contributed by atoms with Crippen molar-refractivity contribution in [1.82, 2.24) is 15.5 Å². The van der Waals surface area contributed by atoms with E-state index in [2.05, 4.69) is 53.4 Å². The Labute approximate surface area is 169 Å². The first kappa shape index (κ1) is 22.5. The fraction of sp³-hybridized carbons (Fsp3) is 0.650. The maximum absolute atomic E-state index is 11.5. The van der Waals surface area contributed by atoms with Crippen molar-refractivity contribution in [3.05, 3.63) is 29.8 Å². The number of ether oxygens (including phenoxy) is 1. The van der Waals surface area contributed by atoms with Crippen molar-refractivity contribution >= 4 is 15.8 Å². The van der Waals surface area contributed by atoms with Crippen molar-refractivity contribution in [1.29, 1.82) is 0 Å². The Morgan fingerprint density at radius 2 is 1.82 bits per heavy atom. The molecule has 28 heavy (non-hydrogen) atoms. The topological polar surface area (TPSA) is 83.0 Å². The maximum Gasteiger partial charge on any atom is 0.191 e. The van der Waals surface area contributed by atoms with Crippen LogP contribution in [0.5, 0.6) is 5.75 Å². The summed E-state index contributed by atoms with van der Waals surface area (Å²) in [6.07, 6.45) is 0. The van der Waals surface area contributed by atoms with Gasteiger partial charge in [0.2, 0.25) is 0 Å². The van der Waals surface area contributed by atoms with Crippen LogP contribution >= 0.6 is 0 Å². The smallest absolute Gasteiger partial charge is 0.191 e. The van der Waals surface area contributed by atoms with Crippen molar-refractivity contribution < 1.29 is 13.2 Å². The second kappa shape index (κ2) is 10.7. The number of nitrogens with zero attached hydrogens (tertiary/aromatic N) is 2. The predicted octanol–water partition coefficient (Wildman–Crippen LogP) is 1.68.